The largest absolute Gasteiger partial charge is 0.726 e. The number of hydrogen-bond acceptors (Lipinski definition) is 12. The lowest BCUT2D eigenvalue weighted by Gasteiger charge is -2.71. The monoisotopic (exact) mass is 713 g/mol. The Morgan fingerprint density at radius 3 is 2.22 bits per heavy atom. The number of rotatable bonds is 5. The molecular weight excluding hydrogens is 656 g/mol. The van der Waals surface area contributed by atoms with Gasteiger partial charge in [-0.05, 0) is 103 Å². The minimum Gasteiger partial charge on any atom is -0.726 e. The highest BCUT2D eigenvalue weighted by Crippen LogP contribution is 2.76. The summed E-state index contributed by atoms with van der Waals surface area (Å²) in [6.45, 7) is 14.6. The molecule has 5 N–H and O–H groups in total. The molecule has 6 rings (SSSR count). The molecule has 4 saturated carbocycles. The second-order valence-electron chi connectivity index (χ2n) is 18.4. The molecule has 0 aromatic heterocycles. The van der Waals surface area contributed by atoms with E-state index in [1.807, 2.05) is 13.8 Å². The summed E-state index contributed by atoms with van der Waals surface area (Å²) >= 11 is 0. The fraction of sp³-hybridized carbons (Fsp3) is 0.917. The maximum atomic E-state index is 14.5. The van der Waals surface area contributed by atoms with Crippen LogP contribution >= 0.6 is 0 Å². The summed E-state index contributed by atoms with van der Waals surface area (Å²) in [7, 11) is -4.86. The molecule has 0 aromatic carbocycles. The van der Waals surface area contributed by atoms with Crippen molar-refractivity contribution in [3.05, 3.63) is 11.6 Å². The Kier molecular flexibility index (Phi) is 9.15. The molecule has 49 heavy (non-hydrogen) atoms. The van der Waals surface area contributed by atoms with Crippen LogP contribution in [0.15, 0.2) is 11.6 Å². The Morgan fingerprint density at radius 2 is 1.59 bits per heavy atom. The summed E-state index contributed by atoms with van der Waals surface area (Å²) in [5.41, 5.74) is -1.82. The van der Waals surface area contributed by atoms with Crippen LogP contribution in [0.2, 0.25) is 0 Å². The lowest BCUT2D eigenvalue weighted by Crippen LogP contribution is -2.68. The SMILES string of the molecule is CC1(C)CC[C@]2(C(=O)O[C@@H]3O[C@H](CO)[C@@H](O)[C@H](O)[C@H]3O)[C@H](O)C[C@]3(C)C(=CC[C@@H]4[C@@]5(C)CC[C@H](OS(=O)(=O)[O-])C(C)(C)[C@@H]5CC[C@]43C)[C@@H]2C1. The van der Waals surface area contributed by atoms with Crippen LogP contribution in [-0.4, -0.2) is 94.0 Å². The Labute approximate surface area is 290 Å². The van der Waals surface area contributed by atoms with Crippen molar-refractivity contribution in [2.45, 2.75) is 149 Å². The van der Waals surface area contributed by atoms with Gasteiger partial charge in [0.2, 0.25) is 16.7 Å². The van der Waals surface area contributed by atoms with Crippen LogP contribution in [0, 0.1) is 50.2 Å². The molecule has 1 heterocycles. The summed E-state index contributed by atoms with van der Waals surface area (Å²) in [5.74, 6) is -0.793. The predicted octanol–water partition coefficient (Wildman–Crippen LogP) is 2.95. The number of aliphatic hydroxyl groups excluding tert-OH is 5. The van der Waals surface area contributed by atoms with Gasteiger partial charge in [0.15, 0.2) is 0 Å². The molecule has 1 aliphatic heterocycles. The van der Waals surface area contributed by atoms with Gasteiger partial charge in [-0.15, -0.1) is 0 Å². The number of esters is 1. The molecule has 14 atom stereocenters. The van der Waals surface area contributed by atoms with Crippen molar-refractivity contribution in [1.29, 1.82) is 0 Å². The van der Waals surface area contributed by atoms with E-state index in [1.54, 1.807) is 0 Å². The topological polar surface area (TPSA) is 203 Å². The first-order valence-corrected chi connectivity index (χ1v) is 19.4. The molecular formula is C36H57O12S-. The standard InChI is InChI=1S/C36H58O12S/c1-31(2)14-15-36(30(42)47-29-28(41)27(40)26(39)21(18-37)46-29)20(16-31)19-8-9-23-33(5)12-11-25(48-49(43,44)45)32(3,4)22(33)10-13-34(23,6)35(19,7)17-24(36)38/h8,20-29,37-41H,9-18H2,1-7H3,(H,43,44,45)/p-1/t20-,21+,22-,23+,24+,25-,26+,27-,28+,29-,33-,34+,35+,36+/m0/s1. The highest BCUT2D eigenvalue weighted by atomic mass is 32.3. The van der Waals surface area contributed by atoms with Gasteiger partial charge >= 0.3 is 5.97 Å². The van der Waals surface area contributed by atoms with E-state index in [4.69, 9.17) is 13.7 Å². The molecule has 0 radical (unpaired) electrons. The molecule has 6 aliphatic rings. The van der Waals surface area contributed by atoms with Gasteiger partial charge in [0.1, 0.15) is 29.8 Å². The van der Waals surface area contributed by atoms with Crippen LogP contribution in [0.4, 0.5) is 0 Å². The van der Waals surface area contributed by atoms with E-state index >= 15 is 0 Å². The highest BCUT2D eigenvalue weighted by Gasteiger charge is 2.72. The Bertz CT molecular complexity index is 1460. The third-order valence-electron chi connectivity index (χ3n) is 15.3. The van der Waals surface area contributed by atoms with E-state index in [2.05, 4.69) is 40.7 Å². The number of ether oxygens (including phenoxy) is 2. The van der Waals surface area contributed by atoms with E-state index in [9.17, 15) is 43.3 Å². The zero-order chi connectivity index (χ0) is 36.3. The number of carbonyl (C=O) groups is 1. The summed E-state index contributed by atoms with van der Waals surface area (Å²) in [6, 6.07) is 0. The van der Waals surface area contributed by atoms with Crippen LogP contribution in [0.25, 0.3) is 0 Å². The fourth-order valence-corrected chi connectivity index (χ4v) is 13.0. The molecule has 5 fully saturated rings. The molecule has 12 nitrogen and oxygen atoms in total. The van der Waals surface area contributed by atoms with Gasteiger partial charge in [-0.2, -0.15) is 0 Å². The third kappa shape index (κ3) is 5.50. The fourth-order valence-electron chi connectivity index (χ4n) is 12.4. The number of hydrogen-bond donors (Lipinski definition) is 5. The third-order valence-corrected chi connectivity index (χ3v) is 15.8. The van der Waals surface area contributed by atoms with Crippen molar-refractivity contribution < 1.29 is 57.0 Å². The van der Waals surface area contributed by atoms with Crippen LogP contribution < -0.4 is 0 Å². The molecule has 0 amide bonds. The highest BCUT2D eigenvalue weighted by molar-refractivity contribution is 7.80. The minimum absolute atomic E-state index is 0.104. The molecule has 280 valence electrons. The van der Waals surface area contributed by atoms with Crippen LogP contribution in [0.1, 0.15) is 106 Å². The second-order valence-corrected chi connectivity index (χ2v) is 19.4. The first kappa shape index (κ1) is 37.6. The summed E-state index contributed by atoms with van der Waals surface area (Å²) in [6.07, 6.45) is -1.91. The zero-order valence-electron chi connectivity index (χ0n) is 29.9. The van der Waals surface area contributed by atoms with Gasteiger partial charge in [0.05, 0.1) is 18.8 Å². The van der Waals surface area contributed by atoms with Gasteiger partial charge in [-0.25, -0.2) is 8.42 Å². The predicted molar refractivity (Wildman–Crippen MR) is 175 cm³/mol. The van der Waals surface area contributed by atoms with E-state index in [0.29, 0.717) is 38.5 Å². The molecule has 0 unspecified atom stereocenters. The first-order valence-electron chi connectivity index (χ1n) is 18.0. The summed E-state index contributed by atoms with van der Waals surface area (Å²) < 4.78 is 51.5. The van der Waals surface area contributed by atoms with Crippen molar-refractivity contribution in [2.75, 3.05) is 6.61 Å². The van der Waals surface area contributed by atoms with Gasteiger partial charge in [-0.1, -0.05) is 60.1 Å². The van der Waals surface area contributed by atoms with Gasteiger partial charge in [0.25, 0.3) is 0 Å². The Hall–Kier alpha value is -1.16. The lowest BCUT2D eigenvalue weighted by atomic mass is 9.33. The second kappa shape index (κ2) is 11.9. The van der Waals surface area contributed by atoms with E-state index < -0.39 is 82.1 Å². The van der Waals surface area contributed by atoms with Gasteiger partial charge < -0.3 is 39.6 Å². The van der Waals surface area contributed by atoms with Crippen molar-refractivity contribution in [3.8, 4) is 0 Å². The lowest BCUT2D eigenvalue weighted by molar-refractivity contribution is -0.299. The quantitative estimate of drug-likeness (QED) is 0.121. The van der Waals surface area contributed by atoms with Crippen LogP contribution in [-0.2, 0) is 28.9 Å². The van der Waals surface area contributed by atoms with Crippen molar-refractivity contribution in [1.82, 2.24) is 0 Å². The maximum Gasteiger partial charge on any atom is 0.317 e. The Morgan fingerprint density at radius 1 is 0.918 bits per heavy atom. The van der Waals surface area contributed by atoms with Gasteiger partial charge in [0, 0.05) is 0 Å². The first-order chi connectivity index (χ1) is 22.5. The molecule has 0 aromatic rings. The summed E-state index contributed by atoms with van der Waals surface area (Å²) in [5, 5.41) is 53.4. The van der Waals surface area contributed by atoms with E-state index in [1.165, 1.54) is 0 Å². The Balaban J connectivity index is 1.36. The van der Waals surface area contributed by atoms with E-state index in [-0.39, 0.29) is 34.0 Å². The molecule has 0 spiro atoms. The number of allylic oxidation sites excluding steroid dienone is 2. The maximum absolute atomic E-state index is 14.5. The van der Waals surface area contributed by atoms with Crippen LogP contribution in [0.5, 0.6) is 0 Å². The average molecular weight is 714 g/mol. The van der Waals surface area contributed by atoms with Gasteiger partial charge in [-0.3, -0.25) is 8.98 Å². The molecule has 13 heteroatoms. The van der Waals surface area contributed by atoms with Crippen LogP contribution in [0.3, 0.4) is 0 Å². The van der Waals surface area contributed by atoms with Crippen molar-refractivity contribution in [3.63, 3.8) is 0 Å². The molecule has 0 bridgehead atoms. The van der Waals surface area contributed by atoms with Crippen molar-refractivity contribution in [2.24, 2.45) is 50.2 Å². The van der Waals surface area contributed by atoms with Crippen molar-refractivity contribution >= 4 is 16.4 Å². The smallest absolute Gasteiger partial charge is 0.317 e. The van der Waals surface area contributed by atoms with E-state index in [0.717, 1.165) is 24.8 Å². The summed E-state index contributed by atoms with van der Waals surface area (Å²) in [4.78, 5) is 14.5. The number of aliphatic hydroxyl groups is 5. The zero-order valence-corrected chi connectivity index (χ0v) is 30.7. The normalized spacial score (nSPS) is 50.5. The number of carbonyl (C=O) groups excluding carboxylic acids is 1. The average Bonchev–Trinajstić information content (AvgIpc) is 2.98. The molecule has 1 saturated heterocycles. The number of fused-ring (bicyclic) bond motifs is 7. The minimum atomic E-state index is -4.86. The molecule has 5 aliphatic carbocycles.